The Morgan fingerprint density at radius 3 is 2.81 bits per heavy atom. The molecular weight excluding hydrogens is 214 g/mol. The molecule has 0 spiro atoms. The molecule has 0 aliphatic rings. The van der Waals surface area contributed by atoms with Gasteiger partial charge in [-0.1, -0.05) is 0 Å². The molecule has 0 aromatic carbocycles. The molecule has 2 N–H and O–H groups in total. The molecule has 0 fully saturated rings. The van der Waals surface area contributed by atoms with Crippen LogP contribution >= 0.6 is 0 Å². The number of hydrogen-bond donors (Lipinski definition) is 2. The van der Waals surface area contributed by atoms with Crippen LogP contribution in [0, 0.1) is 11.6 Å². The highest BCUT2D eigenvalue weighted by Gasteiger charge is 2.10. The van der Waals surface area contributed by atoms with Crippen molar-refractivity contribution < 1.29 is 8.78 Å². The van der Waals surface area contributed by atoms with Gasteiger partial charge in [-0.3, -0.25) is 5.10 Å². The van der Waals surface area contributed by atoms with E-state index in [2.05, 4.69) is 20.5 Å². The second-order valence-corrected chi connectivity index (χ2v) is 3.38. The van der Waals surface area contributed by atoms with Crippen LogP contribution in [0.3, 0.4) is 0 Å². The Morgan fingerprint density at radius 1 is 1.38 bits per heavy atom. The first kappa shape index (κ1) is 10.5. The molecule has 16 heavy (non-hydrogen) atoms. The minimum absolute atomic E-state index is 0.0232. The number of nitrogens with zero attached hydrogens (tertiary/aromatic N) is 2. The zero-order valence-electron chi connectivity index (χ0n) is 8.54. The van der Waals surface area contributed by atoms with E-state index < -0.39 is 11.6 Å². The van der Waals surface area contributed by atoms with Crippen LogP contribution in [-0.4, -0.2) is 15.2 Å². The van der Waals surface area contributed by atoms with Crippen LogP contribution < -0.4 is 5.32 Å². The lowest BCUT2D eigenvalue weighted by Crippen LogP contribution is -2.09. The van der Waals surface area contributed by atoms with Crippen LogP contribution in [0.15, 0.2) is 24.7 Å². The van der Waals surface area contributed by atoms with Gasteiger partial charge in [-0.05, 0) is 6.92 Å². The van der Waals surface area contributed by atoms with Crippen molar-refractivity contribution in [1.29, 1.82) is 0 Å². The standard InChI is InChI=1S/C10H10F2N4/c1-6(7-3-14-15-4-7)16-10-9(12)2-8(11)5-13-10/h2-6H,1H3,(H,13,16)(H,14,15). The lowest BCUT2D eigenvalue weighted by Gasteiger charge is -2.12. The van der Waals surface area contributed by atoms with E-state index in [9.17, 15) is 8.78 Å². The summed E-state index contributed by atoms with van der Waals surface area (Å²) in [5.74, 6) is -1.38. The summed E-state index contributed by atoms with van der Waals surface area (Å²) < 4.78 is 25.9. The minimum atomic E-state index is -0.713. The lowest BCUT2D eigenvalue weighted by molar-refractivity contribution is 0.574. The molecule has 1 unspecified atom stereocenters. The first-order valence-electron chi connectivity index (χ1n) is 4.73. The summed E-state index contributed by atoms with van der Waals surface area (Å²) in [6, 6.07) is 0.628. The summed E-state index contributed by atoms with van der Waals surface area (Å²) in [6.45, 7) is 1.83. The molecule has 4 nitrogen and oxygen atoms in total. The summed E-state index contributed by atoms with van der Waals surface area (Å²) in [7, 11) is 0. The van der Waals surface area contributed by atoms with Gasteiger partial charge in [0.2, 0.25) is 0 Å². The van der Waals surface area contributed by atoms with Crippen molar-refractivity contribution in [3.63, 3.8) is 0 Å². The van der Waals surface area contributed by atoms with E-state index in [0.29, 0.717) is 0 Å². The molecule has 0 radical (unpaired) electrons. The number of nitrogens with one attached hydrogen (secondary N) is 2. The van der Waals surface area contributed by atoms with E-state index in [1.165, 1.54) is 0 Å². The molecule has 2 aromatic heterocycles. The van der Waals surface area contributed by atoms with Gasteiger partial charge in [-0.2, -0.15) is 5.10 Å². The summed E-state index contributed by atoms with van der Waals surface area (Å²) in [6.07, 6.45) is 4.28. The minimum Gasteiger partial charge on any atom is -0.361 e. The zero-order chi connectivity index (χ0) is 11.5. The normalized spacial score (nSPS) is 12.4. The van der Waals surface area contributed by atoms with E-state index in [0.717, 1.165) is 17.8 Å². The average molecular weight is 224 g/mol. The molecule has 2 aromatic rings. The third kappa shape index (κ3) is 2.16. The number of halogens is 2. The number of aromatic amines is 1. The summed E-state index contributed by atoms with van der Waals surface area (Å²) in [5, 5.41) is 9.27. The Balaban J connectivity index is 2.15. The molecule has 2 heterocycles. The van der Waals surface area contributed by atoms with Gasteiger partial charge in [0.1, 0.15) is 5.82 Å². The van der Waals surface area contributed by atoms with Gasteiger partial charge in [0.05, 0.1) is 18.4 Å². The third-order valence-corrected chi connectivity index (χ3v) is 2.18. The number of pyridine rings is 1. The SMILES string of the molecule is CC(Nc1ncc(F)cc1F)c1cn[nH]c1. The van der Waals surface area contributed by atoms with Gasteiger partial charge in [0.15, 0.2) is 11.6 Å². The molecule has 6 heteroatoms. The number of rotatable bonds is 3. The maximum atomic E-state index is 13.3. The lowest BCUT2D eigenvalue weighted by atomic mass is 10.2. The molecule has 1 atom stereocenters. The highest BCUT2D eigenvalue weighted by Crippen LogP contribution is 2.18. The number of aromatic nitrogens is 3. The highest BCUT2D eigenvalue weighted by molar-refractivity contribution is 5.38. The summed E-state index contributed by atoms with van der Waals surface area (Å²) in [5.41, 5.74) is 0.866. The molecular formula is C10H10F2N4. The fourth-order valence-corrected chi connectivity index (χ4v) is 1.31. The van der Waals surface area contributed by atoms with Gasteiger partial charge in [0.25, 0.3) is 0 Å². The van der Waals surface area contributed by atoms with Crippen molar-refractivity contribution in [2.24, 2.45) is 0 Å². The first-order valence-corrected chi connectivity index (χ1v) is 4.73. The number of anilines is 1. The van der Waals surface area contributed by atoms with Gasteiger partial charge >= 0.3 is 0 Å². The van der Waals surface area contributed by atoms with Crippen LogP contribution in [0.1, 0.15) is 18.5 Å². The molecule has 2 rings (SSSR count). The predicted molar refractivity (Wildman–Crippen MR) is 54.8 cm³/mol. The summed E-state index contributed by atoms with van der Waals surface area (Å²) in [4.78, 5) is 3.64. The van der Waals surface area contributed by atoms with Crippen LogP contribution in [-0.2, 0) is 0 Å². The molecule has 0 bridgehead atoms. The third-order valence-electron chi connectivity index (χ3n) is 2.18. The number of hydrogen-bond acceptors (Lipinski definition) is 3. The van der Waals surface area contributed by atoms with Gasteiger partial charge in [0, 0.05) is 17.8 Å². The molecule has 84 valence electrons. The average Bonchev–Trinajstić information content (AvgIpc) is 2.75. The van der Waals surface area contributed by atoms with E-state index >= 15 is 0 Å². The van der Waals surface area contributed by atoms with Crippen molar-refractivity contribution >= 4 is 5.82 Å². The highest BCUT2D eigenvalue weighted by atomic mass is 19.1. The first-order chi connectivity index (χ1) is 7.66. The molecule has 0 amide bonds. The monoisotopic (exact) mass is 224 g/mol. The van der Waals surface area contributed by atoms with E-state index in [1.54, 1.807) is 12.4 Å². The van der Waals surface area contributed by atoms with Crippen LogP contribution in [0.4, 0.5) is 14.6 Å². The van der Waals surface area contributed by atoms with Crippen molar-refractivity contribution in [3.8, 4) is 0 Å². The second-order valence-electron chi connectivity index (χ2n) is 3.38. The molecule has 0 saturated carbocycles. The van der Waals surface area contributed by atoms with E-state index in [-0.39, 0.29) is 11.9 Å². The fourth-order valence-electron chi connectivity index (χ4n) is 1.31. The maximum absolute atomic E-state index is 13.3. The maximum Gasteiger partial charge on any atom is 0.168 e. The van der Waals surface area contributed by atoms with Crippen LogP contribution in [0.25, 0.3) is 0 Å². The number of H-pyrrole nitrogens is 1. The molecule has 0 aliphatic heterocycles. The van der Waals surface area contributed by atoms with Gasteiger partial charge in [-0.15, -0.1) is 0 Å². The quantitative estimate of drug-likeness (QED) is 0.840. The molecule has 0 aliphatic carbocycles. The van der Waals surface area contributed by atoms with Crippen LogP contribution in [0.2, 0.25) is 0 Å². The zero-order valence-corrected chi connectivity index (χ0v) is 8.54. The van der Waals surface area contributed by atoms with Gasteiger partial charge < -0.3 is 5.32 Å². The Hall–Kier alpha value is -1.98. The topological polar surface area (TPSA) is 53.6 Å². The van der Waals surface area contributed by atoms with E-state index in [1.807, 2.05) is 6.92 Å². The van der Waals surface area contributed by atoms with Crippen molar-refractivity contribution in [2.45, 2.75) is 13.0 Å². The predicted octanol–water partition coefficient (Wildman–Crippen LogP) is 2.26. The second kappa shape index (κ2) is 4.26. The van der Waals surface area contributed by atoms with Crippen molar-refractivity contribution in [2.75, 3.05) is 5.32 Å². The van der Waals surface area contributed by atoms with E-state index in [4.69, 9.17) is 0 Å². The van der Waals surface area contributed by atoms with Crippen LogP contribution in [0.5, 0.6) is 0 Å². The van der Waals surface area contributed by atoms with Crippen molar-refractivity contribution in [3.05, 3.63) is 41.9 Å². The Bertz CT molecular complexity index is 470. The van der Waals surface area contributed by atoms with Crippen molar-refractivity contribution in [1.82, 2.24) is 15.2 Å². The van der Waals surface area contributed by atoms with Gasteiger partial charge in [-0.25, -0.2) is 13.8 Å². The fraction of sp³-hybridized carbons (Fsp3) is 0.200. The Kier molecular flexibility index (Phi) is 2.80. The Labute approximate surface area is 90.7 Å². The molecule has 0 saturated heterocycles. The largest absolute Gasteiger partial charge is 0.361 e. The Morgan fingerprint density at radius 2 is 2.19 bits per heavy atom. The smallest absolute Gasteiger partial charge is 0.168 e. The summed E-state index contributed by atoms with van der Waals surface area (Å²) >= 11 is 0.